The van der Waals surface area contributed by atoms with Crippen molar-refractivity contribution < 1.29 is 27.4 Å². The molecule has 1 unspecified atom stereocenters. The molecular formula is C10H20F3NO3. The van der Waals surface area contributed by atoms with E-state index < -0.39 is 25.2 Å². The molecule has 17 heavy (non-hydrogen) atoms. The van der Waals surface area contributed by atoms with Crippen LogP contribution in [0.4, 0.5) is 13.2 Å². The smallest absolute Gasteiger partial charge is 0.382 e. The number of ether oxygens (including phenoxy) is 3. The average molecular weight is 259 g/mol. The van der Waals surface area contributed by atoms with Crippen LogP contribution in [0.3, 0.4) is 0 Å². The summed E-state index contributed by atoms with van der Waals surface area (Å²) in [6.07, 6.45) is -3.73. The zero-order valence-corrected chi connectivity index (χ0v) is 9.96. The van der Waals surface area contributed by atoms with Crippen LogP contribution in [0.5, 0.6) is 0 Å². The fourth-order valence-corrected chi connectivity index (χ4v) is 1.03. The van der Waals surface area contributed by atoms with Crippen LogP contribution in [0.2, 0.25) is 0 Å². The molecule has 0 aromatic rings. The third-order valence-electron chi connectivity index (χ3n) is 2.08. The molecule has 7 heteroatoms. The van der Waals surface area contributed by atoms with Crippen molar-refractivity contribution in [2.75, 3.05) is 46.7 Å². The molecule has 0 fully saturated rings. The van der Waals surface area contributed by atoms with Gasteiger partial charge in [-0.15, -0.1) is 0 Å². The maximum absolute atomic E-state index is 12.2. The highest BCUT2D eigenvalue weighted by Crippen LogP contribution is 2.25. The first kappa shape index (κ1) is 16.6. The van der Waals surface area contributed by atoms with E-state index in [2.05, 4.69) is 0 Å². The number of nitrogens with two attached hydrogens (primary N) is 1. The summed E-state index contributed by atoms with van der Waals surface area (Å²) >= 11 is 0. The molecule has 4 nitrogen and oxygen atoms in total. The molecule has 0 aliphatic carbocycles. The molecule has 0 heterocycles. The van der Waals surface area contributed by atoms with Crippen molar-refractivity contribution in [1.29, 1.82) is 0 Å². The maximum atomic E-state index is 12.2. The second kappa shape index (κ2) is 9.64. The highest BCUT2D eigenvalue weighted by Gasteiger charge is 2.38. The molecule has 0 aliphatic rings. The number of methoxy groups -OCH3 is 1. The molecule has 0 saturated heterocycles. The first-order valence-corrected chi connectivity index (χ1v) is 5.43. The zero-order valence-electron chi connectivity index (χ0n) is 9.96. The molecule has 104 valence electrons. The summed E-state index contributed by atoms with van der Waals surface area (Å²) in [4.78, 5) is 0. The van der Waals surface area contributed by atoms with Gasteiger partial charge in [0.2, 0.25) is 0 Å². The number of hydrogen-bond donors (Lipinski definition) is 1. The molecule has 0 aliphatic heterocycles. The number of halogens is 3. The predicted octanol–water partition coefficient (Wildman–Crippen LogP) is 1.19. The average Bonchev–Trinajstić information content (AvgIpc) is 2.25. The second-order valence-electron chi connectivity index (χ2n) is 3.51. The van der Waals surface area contributed by atoms with Crippen molar-refractivity contribution >= 4 is 0 Å². The number of hydrogen-bond acceptors (Lipinski definition) is 4. The van der Waals surface area contributed by atoms with Gasteiger partial charge >= 0.3 is 6.18 Å². The van der Waals surface area contributed by atoms with Gasteiger partial charge in [-0.3, -0.25) is 0 Å². The Morgan fingerprint density at radius 3 is 2.24 bits per heavy atom. The molecule has 0 saturated carbocycles. The Bertz CT molecular complexity index is 179. The van der Waals surface area contributed by atoms with Gasteiger partial charge in [0.15, 0.2) is 0 Å². The summed E-state index contributed by atoms with van der Waals surface area (Å²) in [5, 5.41) is 0. The fourth-order valence-electron chi connectivity index (χ4n) is 1.03. The summed E-state index contributed by atoms with van der Waals surface area (Å²) in [6, 6.07) is 0. The monoisotopic (exact) mass is 259 g/mol. The van der Waals surface area contributed by atoms with Gasteiger partial charge in [-0.25, -0.2) is 0 Å². The van der Waals surface area contributed by atoms with E-state index in [9.17, 15) is 13.2 Å². The topological polar surface area (TPSA) is 53.7 Å². The van der Waals surface area contributed by atoms with Crippen molar-refractivity contribution in [3.63, 3.8) is 0 Å². The molecule has 2 N–H and O–H groups in total. The Hall–Kier alpha value is -0.370. The van der Waals surface area contributed by atoms with E-state index in [1.807, 2.05) is 0 Å². The van der Waals surface area contributed by atoms with E-state index in [-0.39, 0.29) is 6.61 Å². The lowest BCUT2D eigenvalue weighted by Crippen LogP contribution is -2.34. The summed E-state index contributed by atoms with van der Waals surface area (Å²) in [6.45, 7) is 0.822. The molecule has 1 atom stereocenters. The standard InChI is InChI=1S/C10H20F3NO3/c1-15-5-6-16-3-2-4-17-8-9(7-14)10(11,12)13/h9H,2-8,14H2,1H3. The van der Waals surface area contributed by atoms with Crippen LogP contribution >= 0.6 is 0 Å². The zero-order chi connectivity index (χ0) is 13.1. The van der Waals surface area contributed by atoms with Gasteiger partial charge < -0.3 is 19.9 Å². The number of rotatable bonds is 10. The van der Waals surface area contributed by atoms with Gasteiger partial charge in [0, 0.05) is 26.9 Å². The SMILES string of the molecule is COCCOCCCOCC(CN)C(F)(F)F. The van der Waals surface area contributed by atoms with Crippen LogP contribution in [-0.4, -0.2) is 52.9 Å². The summed E-state index contributed by atoms with van der Waals surface area (Å²) in [5.74, 6) is -1.59. The van der Waals surface area contributed by atoms with Crippen molar-refractivity contribution in [3.8, 4) is 0 Å². The van der Waals surface area contributed by atoms with Crippen molar-refractivity contribution in [2.45, 2.75) is 12.6 Å². The van der Waals surface area contributed by atoms with Crippen LogP contribution in [0.25, 0.3) is 0 Å². The van der Waals surface area contributed by atoms with Gasteiger partial charge in [0.1, 0.15) is 0 Å². The molecule has 0 radical (unpaired) electrons. The van der Waals surface area contributed by atoms with Crippen LogP contribution in [0.15, 0.2) is 0 Å². The quantitative estimate of drug-likeness (QED) is 0.599. The van der Waals surface area contributed by atoms with Gasteiger partial charge in [-0.1, -0.05) is 0 Å². The Kier molecular flexibility index (Phi) is 9.43. The summed E-state index contributed by atoms with van der Waals surface area (Å²) in [7, 11) is 1.57. The minimum atomic E-state index is -4.29. The lowest BCUT2D eigenvalue weighted by Gasteiger charge is -2.18. The van der Waals surface area contributed by atoms with E-state index in [4.69, 9.17) is 19.9 Å². The first-order chi connectivity index (χ1) is 8.02. The molecule has 0 bridgehead atoms. The highest BCUT2D eigenvalue weighted by molar-refractivity contribution is 4.67. The molecule has 0 amide bonds. The Balaban J connectivity index is 3.38. The first-order valence-electron chi connectivity index (χ1n) is 5.43. The lowest BCUT2D eigenvalue weighted by atomic mass is 10.1. The van der Waals surface area contributed by atoms with Crippen LogP contribution in [0, 0.1) is 5.92 Å². The summed E-state index contributed by atoms with van der Waals surface area (Å²) in [5.41, 5.74) is 5.02. The van der Waals surface area contributed by atoms with Crippen LogP contribution in [0.1, 0.15) is 6.42 Å². The van der Waals surface area contributed by atoms with Crippen LogP contribution < -0.4 is 5.73 Å². The largest absolute Gasteiger partial charge is 0.395 e. The highest BCUT2D eigenvalue weighted by atomic mass is 19.4. The Morgan fingerprint density at radius 2 is 1.71 bits per heavy atom. The molecule has 0 spiro atoms. The minimum absolute atomic E-state index is 0.236. The third-order valence-corrected chi connectivity index (χ3v) is 2.08. The molecule has 0 aromatic heterocycles. The fraction of sp³-hybridized carbons (Fsp3) is 1.00. The van der Waals surface area contributed by atoms with E-state index >= 15 is 0 Å². The molecular weight excluding hydrogens is 239 g/mol. The minimum Gasteiger partial charge on any atom is -0.382 e. The lowest BCUT2D eigenvalue weighted by molar-refractivity contribution is -0.185. The van der Waals surface area contributed by atoms with E-state index in [1.165, 1.54) is 0 Å². The van der Waals surface area contributed by atoms with Gasteiger partial charge in [0.25, 0.3) is 0 Å². The maximum Gasteiger partial charge on any atom is 0.395 e. The third kappa shape index (κ3) is 9.34. The predicted molar refractivity (Wildman–Crippen MR) is 56.7 cm³/mol. The number of alkyl halides is 3. The Labute approximate surface area is 99.2 Å². The molecule has 0 rings (SSSR count). The van der Waals surface area contributed by atoms with Crippen molar-refractivity contribution in [3.05, 3.63) is 0 Å². The Morgan fingerprint density at radius 1 is 1.06 bits per heavy atom. The summed E-state index contributed by atoms with van der Waals surface area (Å²) < 4.78 is 51.5. The normalized spacial score (nSPS) is 13.9. The second-order valence-corrected chi connectivity index (χ2v) is 3.51. The van der Waals surface area contributed by atoms with Gasteiger partial charge in [-0.2, -0.15) is 13.2 Å². The van der Waals surface area contributed by atoms with Crippen molar-refractivity contribution in [1.82, 2.24) is 0 Å². The van der Waals surface area contributed by atoms with E-state index in [0.717, 1.165) is 0 Å². The van der Waals surface area contributed by atoms with Crippen LogP contribution in [-0.2, 0) is 14.2 Å². The van der Waals surface area contributed by atoms with Crippen molar-refractivity contribution in [2.24, 2.45) is 11.7 Å². The van der Waals surface area contributed by atoms with E-state index in [0.29, 0.717) is 26.2 Å². The van der Waals surface area contributed by atoms with Gasteiger partial charge in [-0.05, 0) is 6.42 Å². The molecule has 0 aromatic carbocycles. The van der Waals surface area contributed by atoms with E-state index in [1.54, 1.807) is 7.11 Å². The van der Waals surface area contributed by atoms with Gasteiger partial charge in [0.05, 0.1) is 25.7 Å².